The zero-order valence-corrected chi connectivity index (χ0v) is 15.6. The van der Waals surface area contributed by atoms with Crippen LogP contribution < -0.4 is 10.2 Å². The summed E-state index contributed by atoms with van der Waals surface area (Å²) >= 11 is 0. The van der Waals surface area contributed by atoms with Crippen molar-refractivity contribution >= 4 is 17.5 Å². The average molecular weight is 401 g/mol. The summed E-state index contributed by atoms with van der Waals surface area (Å²) in [5, 5.41) is 21.2. The van der Waals surface area contributed by atoms with Crippen LogP contribution in [0.2, 0.25) is 0 Å². The van der Waals surface area contributed by atoms with Crippen LogP contribution in [0.5, 0.6) is 0 Å². The number of benzene rings is 2. The van der Waals surface area contributed by atoms with Crippen molar-refractivity contribution in [1.82, 2.24) is 5.32 Å². The van der Waals surface area contributed by atoms with Gasteiger partial charge >= 0.3 is 0 Å². The van der Waals surface area contributed by atoms with Gasteiger partial charge in [-0.3, -0.25) is 9.59 Å². The second-order valence-corrected chi connectivity index (χ2v) is 6.28. The van der Waals surface area contributed by atoms with Crippen LogP contribution in [0.4, 0.5) is 14.5 Å². The van der Waals surface area contributed by atoms with Crippen molar-refractivity contribution in [2.24, 2.45) is 0 Å². The van der Waals surface area contributed by atoms with Gasteiger partial charge < -0.3 is 15.3 Å². The molecular formula is C21H21F2N3O3. The highest BCUT2D eigenvalue weighted by atomic mass is 19.2. The number of carbonyl (C=O) groups excluding carboxylic acids is 2. The Morgan fingerprint density at radius 2 is 1.83 bits per heavy atom. The van der Waals surface area contributed by atoms with Crippen LogP contribution in [0.3, 0.4) is 0 Å². The van der Waals surface area contributed by atoms with Crippen molar-refractivity contribution in [3.05, 3.63) is 65.7 Å². The molecule has 0 aliphatic rings. The second kappa shape index (κ2) is 10.9. The fraction of sp³-hybridized carbons (Fsp3) is 0.286. The Morgan fingerprint density at radius 1 is 1.10 bits per heavy atom. The van der Waals surface area contributed by atoms with E-state index in [2.05, 4.69) is 5.32 Å². The van der Waals surface area contributed by atoms with Crippen molar-refractivity contribution in [3.63, 3.8) is 0 Å². The molecule has 0 radical (unpaired) electrons. The number of amides is 2. The van der Waals surface area contributed by atoms with Crippen LogP contribution in [-0.4, -0.2) is 30.0 Å². The number of nitrogens with one attached hydrogen (secondary N) is 1. The van der Waals surface area contributed by atoms with Gasteiger partial charge in [0.1, 0.15) is 0 Å². The molecule has 2 N–H and O–H groups in total. The van der Waals surface area contributed by atoms with E-state index in [0.717, 1.165) is 12.1 Å². The number of aliphatic hydroxyl groups is 1. The van der Waals surface area contributed by atoms with Gasteiger partial charge in [0.2, 0.25) is 11.8 Å². The molecule has 2 aromatic rings. The fourth-order valence-corrected chi connectivity index (χ4v) is 2.66. The molecule has 0 aliphatic heterocycles. The molecule has 2 aromatic carbocycles. The number of rotatable bonds is 9. The molecule has 2 rings (SSSR count). The van der Waals surface area contributed by atoms with E-state index < -0.39 is 23.6 Å². The van der Waals surface area contributed by atoms with Gasteiger partial charge in [-0.15, -0.1) is 0 Å². The number of nitrogens with zero attached hydrogens (tertiary/aromatic N) is 2. The minimum atomic E-state index is -1.21. The summed E-state index contributed by atoms with van der Waals surface area (Å²) in [5.74, 6) is -2.88. The zero-order chi connectivity index (χ0) is 21.2. The molecule has 0 aromatic heterocycles. The van der Waals surface area contributed by atoms with Crippen molar-refractivity contribution in [2.45, 2.75) is 25.4 Å². The quantitative estimate of drug-likeness (QED) is 0.676. The highest BCUT2D eigenvalue weighted by Gasteiger charge is 2.17. The number of anilines is 1. The molecule has 0 fully saturated rings. The Bertz CT molecular complexity index is 884. The first kappa shape index (κ1) is 22.0. The highest BCUT2D eigenvalue weighted by Crippen LogP contribution is 2.17. The second-order valence-electron chi connectivity index (χ2n) is 6.28. The van der Waals surface area contributed by atoms with Gasteiger partial charge in [0.15, 0.2) is 11.6 Å². The summed E-state index contributed by atoms with van der Waals surface area (Å²) in [6.07, 6.45) is -1.24. The van der Waals surface area contributed by atoms with Crippen LogP contribution in [0, 0.1) is 23.0 Å². The highest BCUT2D eigenvalue weighted by molar-refractivity contribution is 5.95. The summed E-state index contributed by atoms with van der Waals surface area (Å²) in [7, 11) is 0. The van der Waals surface area contributed by atoms with E-state index in [0.29, 0.717) is 5.69 Å². The smallest absolute Gasteiger partial charge is 0.227 e. The Morgan fingerprint density at radius 3 is 2.48 bits per heavy atom. The third-order valence-corrected chi connectivity index (χ3v) is 4.20. The van der Waals surface area contributed by atoms with Crippen LogP contribution in [0.1, 0.15) is 30.9 Å². The van der Waals surface area contributed by atoms with Gasteiger partial charge in [0, 0.05) is 31.6 Å². The van der Waals surface area contributed by atoms with E-state index in [1.165, 1.54) is 11.0 Å². The standard InChI is InChI=1S/C21H21F2N3O3/c22-17-8-7-15(13-18(17)23)19(27)14-25-20(28)9-10-21(29)26(12-4-11-24)16-5-2-1-3-6-16/h1-3,5-8,13,19,27H,4,9-10,12,14H2,(H,25,28). The maximum atomic E-state index is 13.2. The maximum absolute atomic E-state index is 13.2. The van der Waals surface area contributed by atoms with Crippen molar-refractivity contribution < 1.29 is 23.5 Å². The Balaban J connectivity index is 1.85. The third-order valence-electron chi connectivity index (χ3n) is 4.20. The summed E-state index contributed by atoms with van der Waals surface area (Å²) in [4.78, 5) is 25.9. The lowest BCUT2D eigenvalue weighted by molar-refractivity contribution is -0.125. The minimum Gasteiger partial charge on any atom is -0.387 e. The summed E-state index contributed by atoms with van der Waals surface area (Å²) in [6.45, 7) is 0.0186. The lowest BCUT2D eigenvalue weighted by Gasteiger charge is -2.21. The molecule has 8 heteroatoms. The summed E-state index contributed by atoms with van der Waals surface area (Å²) in [5.41, 5.74) is 0.772. The molecule has 0 spiro atoms. The number of halogens is 2. The van der Waals surface area contributed by atoms with Crippen LogP contribution in [0.25, 0.3) is 0 Å². The summed E-state index contributed by atoms with van der Waals surface area (Å²) in [6, 6.07) is 13.8. The molecular weight excluding hydrogens is 380 g/mol. The number of hydrogen-bond donors (Lipinski definition) is 2. The predicted octanol–water partition coefficient (Wildman–Crippen LogP) is 2.84. The van der Waals surface area contributed by atoms with E-state index in [4.69, 9.17) is 5.26 Å². The number of nitriles is 1. The number of aliphatic hydroxyl groups excluding tert-OH is 1. The average Bonchev–Trinajstić information content (AvgIpc) is 2.73. The van der Waals surface area contributed by atoms with Crippen LogP contribution >= 0.6 is 0 Å². The topological polar surface area (TPSA) is 93.4 Å². The normalized spacial score (nSPS) is 11.4. The number of hydrogen-bond acceptors (Lipinski definition) is 4. The Kier molecular flexibility index (Phi) is 8.25. The molecule has 0 heterocycles. The van der Waals surface area contributed by atoms with Gasteiger partial charge in [0.25, 0.3) is 0 Å². The Hall–Kier alpha value is -3.31. The first-order valence-corrected chi connectivity index (χ1v) is 9.04. The van der Waals surface area contributed by atoms with Gasteiger partial charge in [-0.05, 0) is 29.8 Å². The number of para-hydroxylation sites is 1. The first-order valence-electron chi connectivity index (χ1n) is 9.04. The minimum absolute atomic E-state index is 0.0760. The molecule has 1 atom stereocenters. The monoisotopic (exact) mass is 401 g/mol. The molecule has 0 bridgehead atoms. The molecule has 152 valence electrons. The maximum Gasteiger partial charge on any atom is 0.227 e. The number of carbonyl (C=O) groups is 2. The SMILES string of the molecule is N#CCCN(C(=O)CCC(=O)NCC(O)c1ccc(F)c(F)c1)c1ccccc1. The van der Waals surface area contributed by atoms with Crippen molar-refractivity contribution in [1.29, 1.82) is 5.26 Å². The summed E-state index contributed by atoms with van der Waals surface area (Å²) < 4.78 is 26.2. The lowest BCUT2D eigenvalue weighted by atomic mass is 10.1. The molecule has 0 saturated carbocycles. The molecule has 6 nitrogen and oxygen atoms in total. The fourth-order valence-electron chi connectivity index (χ4n) is 2.66. The zero-order valence-electron chi connectivity index (χ0n) is 15.6. The first-order chi connectivity index (χ1) is 13.9. The molecule has 1 unspecified atom stereocenters. The largest absolute Gasteiger partial charge is 0.387 e. The molecule has 0 aliphatic carbocycles. The molecule has 0 saturated heterocycles. The van der Waals surface area contributed by atoms with Crippen molar-refractivity contribution in [3.8, 4) is 6.07 Å². The molecule has 2 amide bonds. The van der Waals surface area contributed by atoms with Gasteiger partial charge in [-0.1, -0.05) is 24.3 Å². The van der Waals surface area contributed by atoms with E-state index in [-0.39, 0.29) is 43.8 Å². The van der Waals surface area contributed by atoms with Gasteiger partial charge in [0.05, 0.1) is 18.6 Å². The van der Waals surface area contributed by atoms with Gasteiger partial charge in [-0.2, -0.15) is 5.26 Å². The van der Waals surface area contributed by atoms with E-state index in [9.17, 15) is 23.5 Å². The van der Waals surface area contributed by atoms with E-state index >= 15 is 0 Å². The Labute approximate surface area is 167 Å². The third kappa shape index (κ3) is 6.66. The predicted molar refractivity (Wildman–Crippen MR) is 103 cm³/mol. The lowest BCUT2D eigenvalue weighted by Crippen LogP contribution is -2.34. The van der Waals surface area contributed by atoms with E-state index in [1.54, 1.807) is 24.3 Å². The van der Waals surface area contributed by atoms with E-state index in [1.807, 2.05) is 12.1 Å². The van der Waals surface area contributed by atoms with Crippen LogP contribution in [-0.2, 0) is 9.59 Å². The van der Waals surface area contributed by atoms with Crippen molar-refractivity contribution in [2.75, 3.05) is 18.0 Å². The molecule has 29 heavy (non-hydrogen) atoms. The van der Waals surface area contributed by atoms with Crippen LogP contribution in [0.15, 0.2) is 48.5 Å². The van der Waals surface area contributed by atoms with Gasteiger partial charge in [-0.25, -0.2) is 8.78 Å².